The second-order valence-electron chi connectivity index (χ2n) is 9.61. The Kier molecular flexibility index (Phi) is 6.90. The van der Waals surface area contributed by atoms with Crippen molar-refractivity contribution in [1.29, 1.82) is 0 Å². The maximum absolute atomic E-state index is 13.4. The van der Waals surface area contributed by atoms with Crippen LogP contribution in [-0.4, -0.2) is 45.7 Å². The first-order chi connectivity index (χ1) is 17.9. The third kappa shape index (κ3) is 5.63. The van der Waals surface area contributed by atoms with Gasteiger partial charge in [-0.1, -0.05) is 42.5 Å². The predicted octanol–water partition coefficient (Wildman–Crippen LogP) is 5.82. The Morgan fingerprint density at radius 2 is 1.49 bits per heavy atom. The number of nitrogens with zero attached hydrogens (tertiary/aromatic N) is 4. The van der Waals surface area contributed by atoms with Gasteiger partial charge in [-0.15, -0.1) is 0 Å². The Balaban J connectivity index is 1.47. The first-order valence-corrected chi connectivity index (χ1v) is 12.1. The van der Waals surface area contributed by atoms with Gasteiger partial charge in [0.1, 0.15) is 25.1 Å². The number of rotatable bonds is 7. The minimum Gasteiger partial charge on any atom is -0.350 e. The van der Waals surface area contributed by atoms with Crippen LogP contribution in [0.4, 0.5) is 0 Å². The summed E-state index contributed by atoms with van der Waals surface area (Å²) in [5.74, 6) is 0.252. The largest absolute Gasteiger partial charge is 0.350 e. The highest BCUT2D eigenvalue weighted by Gasteiger charge is 2.29. The van der Waals surface area contributed by atoms with Crippen LogP contribution in [-0.2, 0) is 14.3 Å². The second-order valence-corrected chi connectivity index (χ2v) is 9.61. The lowest BCUT2D eigenvalue weighted by atomic mass is 10.1. The first-order valence-electron chi connectivity index (χ1n) is 12.1. The molecule has 0 radical (unpaired) electrons. The van der Waals surface area contributed by atoms with Crippen LogP contribution in [0.2, 0.25) is 0 Å². The van der Waals surface area contributed by atoms with Crippen molar-refractivity contribution in [3.63, 3.8) is 0 Å². The van der Waals surface area contributed by atoms with Crippen molar-refractivity contribution in [2.45, 2.75) is 26.4 Å². The van der Waals surface area contributed by atoms with E-state index < -0.39 is 0 Å². The molecule has 2 aromatic heterocycles. The van der Waals surface area contributed by atoms with Crippen LogP contribution in [0.1, 0.15) is 31.9 Å². The van der Waals surface area contributed by atoms with Gasteiger partial charge in [-0.05, 0) is 68.3 Å². The number of pyridine rings is 2. The topological polar surface area (TPSA) is 76.9 Å². The standard InChI is InChI=1S/C30H28N4O3/c1-30(2,3)37-20-36-19-34-28(15-14-21-8-4-12-25-23(21)10-6-16-31-25)33-27(29(34)35)18-22-9-5-13-26-24(22)11-7-17-32-26/h4-18H,19-20H2,1-3H3/b15-14+,27-18-. The highest BCUT2D eigenvalue weighted by atomic mass is 16.7. The average molecular weight is 493 g/mol. The van der Waals surface area contributed by atoms with E-state index in [4.69, 9.17) is 9.47 Å². The van der Waals surface area contributed by atoms with Gasteiger partial charge in [-0.25, -0.2) is 4.99 Å². The summed E-state index contributed by atoms with van der Waals surface area (Å²) in [5.41, 5.74) is 3.60. The van der Waals surface area contributed by atoms with Crippen molar-refractivity contribution < 1.29 is 14.3 Å². The number of aromatic nitrogens is 2. The minimum atomic E-state index is -0.346. The third-order valence-electron chi connectivity index (χ3n) is 5.83. The molecule has 1 amide bonds. The number of hydrogen-bond donors (Lipinski definition) is 0. The van der Waals surface area contributed by atoms with E-state index in [1.54, 1.807) is 18.5 Å². The number of carbonyl (C=O) groups excluding carboxylic acids is 1. The molecule has 4 aromatic rings. The number of ether oxygens (including phenoxy) is 2. The highest BCUT2D eigenvalue weighted by Crippen LogP contribution is 2.25. The Hall–Kier alpha value is -4.20. The zero-order chi connectivity index (χ0) is 25.8. The lowest BCUT2D eigenvalue weighted by Gasteiger charge is -2.21. The van der Waals surface area contributed by atoms with Crippen LogP contribution >= 0.6 is 0 Å². The first kappa shape index (κ1) is 24.5. The van der Waals surface area contributed by atoms with Gasteiger partial charge < -0.3 is 9.47 Å². The van der Waals surface area contributed by atoms with Crippen molar-refractivity contribution in [2.24, 2.45) is 4.99 Å². The molecule has 2 aromatic carbocycles. The van der Waals surface area contributed by atoms with E-state index in [1.807, 2.05) is 93.6 Å². The van der Waals surface area contributed by atoms with Crippen LogP contribution in [0.15, 0.2) is 89.8 Å². The van der Waals surface area contributed by atoms with Crippen LogP contribution in [0.5, 0.6) is 0 Å². The van der Waals surface area contributed by atoms with E-state index in [-0.39, 0.29) is 25.0 Å². The minimum absolute atomic E-state index is 0.0175. The number of fused-ring (bicyclic) bond motifs is 2. The summed E-state index contributed by atoms with van der Waals surface area (Å²) in [6, 6.07) is 19.6. The third-order valence-corrected chi connectivity index (χ3v) is 5.83. The monoisotopic (exact) mass is 492 g/mol. The maximum Gasteiger partial charge on any atom is 0.280 e. The molecule has 7 nitrogen and oxygen atoms in total. The molecule has 0 unspecified atom stereocenters. The molecule has 0 saturated heterocycles. The number of hydrogen-bond acceptors (Lipinski definition) is 6. The van der Waals surface area contributed by atoms with E-state index in [2.05, 4.69) is 15.0 Å². The maximum atomic E-state index is 13.4. The van der Waals surface area contributed by atoms with Gasteiger partial charge in [0.25, 0.3) is 5.91 Å². The molecule has 7 heteroatoms. The molecule has 0 aliphatic carbocycles. The van der Waals surface area contributed by atoms with Crippen LogP contribution in [0, 0.1) is 0 Å². The van der Waals surface area contributed by atoms with Gasteiger partial charge in [0.2, 0.25) is 0 Å². The highest BCUT2D eigenvalue weighted by molar-refractivity contribution is 6.19. The van der Waals surface area contributed by atoms with Crippen LogP contribution < -0.4 is 0 Å². The molecule has 0 N–H and O–H groups in total. The number of carbonyl (C=O) groups is 1. The molecule has 0 saturated carbocycles. The van der Waals surface area contributed by atoms with Gasteiger partial charge in [0.15, 0.2) is 0 Å². The molecule has 0 fully saturated rings. The van der Waals surface area contributed by atoms with Gasteiger partial charge in [0.05, 0.1) is 16.6 Å². The van der Waals surface area contributed by atoms with Crippen molar-refractivity contribution in [3.05, 3.63) is 96.0 Å². The number of amides is 1. The average Bonchev–Trinajstić information content (AvgIpc) is 3.18. The van der Waals surface area contributed by atoms with Crippen molar-refractivity contribution in [3.8, 4) is 0 Å². The SMILES string of the molecule is CC(C)(C)OCOCN1C(=O)/C(=C/c2cccc3ncccc23)N=C1/C=C/c1cccc2ncccc12. The van der Waals surface area contributed by atoms with Gasteiger partial charge in [-0.3, -0.25) is 19.7 Å². The summed E-state index contributed by atoms with van der Waals surface area (Å²) >= 11 is 0. The van der Waals surface area contributed by atoms with Crippen molar-refractivity contribution in [2.75, 3.05) is 13.5 Å². The summed E-state index contributed by atoms with van der Waals surface area (Å²) in [6.45, 7) is 5.93. The van der Waals surface area contributed by atoms with Gasteiger partial charge >= 0.3 is 0 Å². The van der Waals surface area contributed by atoms with Crippen molar-refractivity contribution in [1.82, 2.24) is 14.9 Å². The summed E-state index contributed by atoms with van der Waals surface area (Å²) < 4.78 is 11.4. The lowest BCUT2D eigenvalue weighted by Crippen LogP contribution is -2.34. The fourth-order valence-electron chi connectivity index (χ4n) is 4.00. The molecule has 0 spiro atoms. The van der Waals surface area contributed by atoms with Gasteiger partial charge in [0, 0.05) is 23.2 Å². The van der Waals surface area contributed by atoms with E-state index in [0.717, 1.165) is 32.9 Å². The predicted molar refractivity (Wildman–Crippen MR) is 146 cm³/mol. The molecular formula is C30H28N4O3. The molecule has 0 atom stereocenters. The number of amidine groups is 1. The molecule has 3 heterocycles. The Bertz CT molecular complexity index is 1540. The fraction of sp³-hybridized carbons (Fsp3) is 0.200. The smallest absolute Gasteiger partial charge is 0.280 e. The quantitative estimate of drug-likeness (QED) is 0.184. The van der Waals surface area contributed by atoms with Crippen molar-refractivity contribution >= 4 is 45.7 Å². The summed E-state index contributed by atoms with van der Waals surface area (Å²) in [5, 5.41) is 1.97. The van der Waals surface area contributed by atoms with E-state index >= 15 is 0 Å². The summed E-state index contributed by atoms with van der Waals surface area (Å²) in [6.07, 6.45) is 9.10. The zero-order valence-electron chi connectivity index (χ0n) is 21.1. The molecular weight excluding hydrogens is 464 g/mol. The normalized spacial score (nSPS) is 15.4. The fourth-order valence-corrected chi connectivity index (χ4v) is 4.00. The van der Waals surface area contributed by atoms with E-state index in [0.29, 0.717) is 11.5 Å². The second kappa shape index (κ2) is 10.4. The molecule has 5 rings (SSSR count). The Labute approximate surface area is 215 Å². The molecule has 37 heavy (non-hydrogen) atoms. The van der Waals surface area contributed by atoms with Gasteiger partial charge in [-0.2, -0.15) is 0 Å². The van der Waals surface area contributed by atoms with E-state index in [1.165, 1.54) is 4.90 Å². The summed E-state index contributed by atoms with van der Waals surface area (Å²) in [4.78, 5) is 28.5. The molecule has 1 aliphatic heterocycles. The molecule has 1 aliphatic rings. The van der Waals surface area contributed by atoms with Crippen LogP contribution in [0.25, 0.3) is 34.0 Å². The summed E-state index contributed by atoms with van der Waals surface area (Å²) in [7, 11) is 0. The number of benzene rings is 2. The Morgan fingerprint density at radius 1 is 0.838 bits per heavy atom. The Morgan fingerprint density at radius 3 is 2.16 bits per heavy atom. The van der Waals surface area contributed by atoms with Crippen LogP contribution in [0.3, 0.4) is 0 Å². The molecule has 0 bridgehead atoms. The zero-order valence-corrected chi connectivity index (χ0v) is 21.1. The number of aliphatic imine (C=N–C) groups is 1. The van der Waals surface area contributed by atoms with E-state index in [9.17, 15) is 4.79 Å². The molecule has 186 valence electrons. The lowest BCUT2D eigenvalue weighted by molar-refractivity contribution is -0.145.